The van der Waals surface area contributed by atoms with Crippen molar-refractivity contribution < 1.29 is 14.3 Å². The molecule has 6 heteroatoms. The molecule has 2 amide bonds. The zero-order chi connectivity index (χ0) is 15.7. The molecule has 0 unspecified atom stereocenters. The minimum atomic E-state index is -0.498. The van der Waals surface area contributed by atoms with Crippen LogP contribution in [0.2, 0.25) is 0 Å². The Balaban J connectivity index is 1.67. The Morgan fingerprint density at radius 2 is 2.18 bits per heavy atom. The number of hydrogen-bond acceptors (Lipinski definition) is 4. The van der Waals surface area contributed by atoms with Gasteiger partial charge in [-0.05, 0) is 32.3 Å². The summed E-state index contributed by atoms with van der Waals surface area (Å²) in [5, 5.41) is 4.78. The Bertz CT molecular complexity index is 578. The lowest BCUT2D eigenvalue weighted by Gasteiger charge is -2.54. The van der Waals surface area contributed by atoms with Crippen LogP contribution in [-0.2, 0) is 4.74 Å². The molecule has 22 heavy (non-hydrogen) atoms. The predicted octanol–water partition coefficient (Wildman–Crippen LogP) is 2.31. The molecule has 1 aromatic rings. The number of carbonyl (C=O) groups excluding carboxylic acids is 2. The number of nitrogens with two attached hydrogens (primary N) is 1. The highest BCUT2D eigenvalue weighted by Crippen LogP contribution is 2.54. The molecule has 0 saturated heterocycles. The largest absolute Gasteiger partial charge is 0.378 e. The fraction of sp³-hybridized carbons (Fsp3) is 0.625. The number of hydrogen-bond donors (Lipinski definition) is 2. The van der Waals surface area contributed by atoms with E-state index in [2.05, 4.69) is 5.32 Å². The topological polar surface area (TPSA) is 81.4 Å². The van der Waals surface area contributed by atoms with Crippen LogP contribution in [0.5, 0.6) is 0 Å². The molecule has 0 radical (unpaired) electrons. The van der Waals surface area contributed by atoms with Gasteiger partial charge < -0.3 is 15.8 Å². The quantitative estimate of drug-likeness (QED) is 0.873. The van der Waals surface area contributed by atoms with Crippen LogP contribution < -0.4 is 11.1 Å². The molecular formula is C16H22N2O3S. The molecule has 2 atom stereocenters. The molecule has 1 spiro atoms. The van der Waals surface area contributed by atoms with Gasteiger partial charge in [0, 0.05) is 23.4 Å². The van der Waals surface area contributed by atoms with Crippen LogP contribution >= 0.6 is 11.3 Å². The summed E-state index contributed by atoms with van der Waals surface area (Å²) in [5.74, 6) is -0.605. The van der Waals surface area contributed by atoms with E-state index in [1.165, 1.54) is 24.2 Å². The number of ether oxygens (including phenoxy) is 1. The highest BCUT2D eigenvalue weighted by atomic mass is 32.1. The van der Waals surface area contributed by atoms with E-state index in [9.17, 15) is 9.59 Å². The van der Waals surface area contributed by atoms with Crippen LogP contribution in [0.15, 0.2) is 11.4 Å². The van der Waals surface area contributed by atoms with Crippen LogP contribution in [0, 0.1) is 5.41 Å². The van der Waals surface area contributed by atoms with Crippen molar-refractivity contribution in [2.45, 2.75) is 51.2 Å². The van der Waals surface area contributed by atoms with Crippen molar-refractivity contribution in [2.24, 2.45) is 11.1 Å². The monoisotopic (exact) mass is 322 g/mol. The second kappa shape index (κ2) is 6.01. The van der Waals surface area contributed by atoms with E-state index in [1.807, 2.05) is 6.92 Å². The number of thiophene rings is 1. The lowest BCUT2D eigenvalue weighted by Crippen LogP contribution is -2.63. The van der Waals surface area contributed by atoms with Gasteiger partial charge in [0.2, 0.25) is 5.91 Å². The normalized spacial score (nSPS) is 25.9. The van der Waals surface area contributed by atoms with Gasteiger partial charge in [0.25, 0.3) is 5.91 Å². The highest BCUT2D eigenvalue weighted by molar-refractivity contribution is 7.12. The Labute approximate surface area is 134 Å². The van der Waals surface area contributed by atoms with Gasteiger partial charge in [-0.15, -0.1) is 11.3 Å². The van der Waals surface area contributed by atoms with Crippen LogP contribution in [0.1, 0.15) is 59.1 Å². The van der Waals surface area contributed by atoms with Crippen molar-refractivity contribution in [3.8, 4) is 0 Å². The van der Waals surface area contributed by atoms with E-state index in [4.69, 9.17) is 10.5 Å². The summed E-state index contributed by atoms with van der Waals surface area (Å²) in [6.45, 7) is 2.74. The Hall–Kier alpha value is -1.40. The summed E-state index contributed by atoms with van der Waals surface area (Å²) in [5.41, 5.74) is 5.75. The molecule has 3 N–H and O–H groups in total. The average molecular weight is 322 g/mol. The Morgan fingerprint density at radius 3 is 2.77 bits per heavy atom. The fourth-order valence-electron chi connectivity index (χ4n) is 3.90. The minimum Gasteiger partial charge on any atom is -0.378 e. The standard InChI is InChI=1S/C16H22N2O3S/c1-2-21-13-8-12(16(13)5-3-4-6-16)18-15(20)11-7-10(9-22-11)14(17)19/h7,9,12-13H,2-6,8H2,1H3,(H2,17,19)(H,18,20)/t12-,13-/m0/s1. The van der Waals surface area contributed by atoms with Gasteiger partial charge in [-0.25, -0.2) is 0 Å². The zero-order valence-electron chi connectivity index (χ0n) is 12.8. The first-order chi connectivity index (χ1) is 10.6. The number of carbonyl (C=O) groups is 2. The number of rotatable bonds is 5. The number of nitrogens with one attached hydrogen (secondary N) is 1. The SMILES string of the molecule is CCO[C@H]1C[C@H](NC(=O)c2cc(C(N)=O)cs2)C12CCCC2. The van der Waals surface area contributed by atoms with Gasteiger partial charge in [-0.3, -0.25) is 9.59 Å². The maximum atomic E-state index is 12.4. The molecule has 5 nitrogen and oxygen atoms in total. The second-order valence-electron chi connectivity index (χ2n) is 6.21. The van der Waals surface area contributed by atoms with Crippen LogP contribution in [0.3, 0.4) is 0 Å². The van der Waals surface area contributed by atoms with Gasteiger partial charge in [0.1, 0.15) is 0 Å². The lowest BCUT2D eigenvalue weighted by molar-refractivity contribution is -0.127. The molecule has 3 rings (SSSR count). The molecule has 0 bridgehead atoms. The third kappa shape index (κ3) is 2.54. The molecule has 0 aliphatic heterocycles. The molecule has 0 aromatic carbocycles. The van der Waals surface area contributed by atoms with Crippen LogP contribution in [-0.4, -0.2) is 30.6 Å². The van der Waals surface area contributed by atoms with E-state index >= 15 is 0 Å². The third-order valence-corrected chi connectivity index (χ3v) is 6.03. The first-order valence-electron chi connectivity index (χ1n) is 7.87. The van der Waals surface area contributed by atoms with Gasteiger partial charge >= 0.3 is 0 Å². The van der Waals surface area contributed by atoms with E-state index < -0.39 is 5.91 Å². The molecule has 1 aromatic heterocycles. The molecule has 120 valence electrons. The average Bonchev–Trinajstić information content (AvgIpc) is 3.16. The van der Waals surface area contributed by atoms with Gasteiger partial charge in [-0.1, -0.05) is 12.8 Å². The second-order valence-corrected chi connectivity index (χ2v) is 7.12. The van der Waals surface area contributed by atoms with Crippen molar-refractivity contribution in [3.63, 3.8) is 0 Å². The van der Waals surface area contributed by atoms with Gasteiger partial charge in [0.05, 0.1) is 16.5 Å². The predicted molar refractivity (Wildman–Crippen MR) is 85.0 cm³/mol. The van der Waals surface area contributed by atoms with Gasteiger partial charge in [-0.2, -0.15) is 0 Å². The Kier molecular flexibility index (Phi) is 4.23. The number of amides is 2. The van der Waals surface area contributed by atoms with Crippen molar-refractivity contribution in [1.82, 2.24) is 5.32 Å². The molecule has 2 aliphatic carbocycles. The minimum absolute atomic E-state index is 0.108. The van der Waals surface area contributed by atoms with E-state index in [0.29, 0.717) is 10.4 Å². The van der Waals surface area contributed by atoms with Crippen molar-refractivity contribution in [1.29, 1.82) is 0 Å². The molecular weight excluding hydrogens is 300 g/mol. The summed E-state index contributed by atoms with van der Waals surface area (Å²) in [7, 11) is 0. The number of primary amides is 1. The summed E-state index contributed by atoms with van der Waals surface area (Å²) in [6, 6.07) is 1.75. The van der Waals surface area contributed by atoms with Crippen molar-refractivity contribution in [3.05, 3.63) is 21.9 Å². The lowest BCUT2D eigenvalue weighted by atomic mass is 9.60. The van der Waals surface area contributed by atoms with E-state index in [0.717, 1.165) is 25.9 Å². The molecule has 2 fully saturated rings. The summed E-state index contributed by atoms with van der Waals surface area (Å²) in [6.07, 6.45) is 5.82. The van der Waals surface area contributed by atoms with Gasteiger partial charge in [0.15, 0.2) is 0 Å². The van der Waals surface area contributed by atoms with E-state index in [-0.39, 0.29) is 23.5 Å². The maximum Gasteiger partial charge on any atom is 0.261 e. The van der Waals surface area contributed by atoms with Crippen molar-refractivity contribution >= 4 is 23.2 Å². The summed E-state index contributed by atoms with van der Waals surface area (Å²) < 4.78 is 5.86. The smallest absolute Gasteiger partial charge is 0.261 e. The van der Waals surface area contributed by atoms with Crippen LogP contribution in [0.4, 0.5) is 0 Å². The van der Waals surface area contributed by atoms with E-state index in [1.54, 1.807) is 11.4 Å². The zero-order valence-corrected chi connectivity index (χ0v) is 13.6. The van der Waals surface area contributed by atoms with Crippen LogP contribution in [0.25, 0.3) is 0 Å². The summed E-state index contributed by atoms with van der Waals surface area (Å²) in [4.78, 5) is 24.1. The molecule has 1 heterocycles. The third-order valence-electron chi connectivity index (χ3n) is 5.10. The van der Waals surface area contributed by atoms with Crippen molar-refractivity contribution in [2.75, 3.05) is 6.61 Å². The highest BCUT2D eigenvalue weighted by Gasteiger charge is 2.57. The summed E-state index contributed by atoms with van der Waals surface area (Å²) >= 11 is 1.26. The maximum absolute atomic E-state index is 12.4. The Morgan fingerprint density at radius 1 is 1.45 bits per heavy atom. The first kappa shape index (κ1) is 15.5. The molecule has 2 saturated carbocycles. The fourth-order valence-corrected chi connectivity index (χ4v) is 4.70. The first-order valence-corrected chi connectivity index (χ1v) is 8.75. The molecule has 2 aliphatic rings.